The van der Waals surface area contributed by atoms with Gasteiger partial charge in [-0.25, -0.2) is 9.97 Å². The summed E-state index contributed by atoms with van der Waals surface area (Å²) >= 11 is 1.88. The summed E-state index contributed by atoms with van der Waals surface area (Å²) in [4.78, 5) is 14.4. The highest BCUT2D eigenvalue weighted by molar-refractivity contribution is 7.19. The Morgan fingerprint density at radius 2 is 2.09 bits per heavy atom. The first-order valence-electron chi connectivity index (χ1n) is 8.98. The van der Waals surface area contributed by atoms with Gasteiger partial charge in [-0.15, -0.1) is 11.3 Å². The first kappa shape index (κ1) is 15.3. The minimum atomic E-state index is 0.550. The fraction of sp³-hybridized carbons (Fsp3) is 0.667. The molecule has 3 heterocycles. The molecule has 0 aromatic carbocycles. The van der Waals surface area contributed by atoms with E-state index >= 15 is 0 Å². The van der Waals surface area contributed by atoms with Crippen molar-refractivity contribution in [1.29, 1.82) is 0 Å². The van der Waals surface area contributed by atoms with Crippen LogP contribution in [0.3, 0.4) is 0 Å². The number of nitrogens with one attached hydrogen (secondary N) is 1. The average Bonchev–Trinajstić information content (AvgIpc) is 2.94. The summed E-state index contributed by atoms with van der Waals surface area (Å²) in [6.45, 7) is 8.17. The maximum atomic E-state index is 4.61. The van der Waals surface area contributed by atoms with Crippen molar-refractivity contribution in [3.63, 3.8) is 0 Å². The van der Waals surface area contributed by atoms with Crippen molar-refractivity contribution in [3.8, 4) is 0 Å². The molecule has 1 aliphatic carbocycles. The lowest BCUT2D eigenvalue weighted by molar-refractivity contribution is 0.229. The van der Waals surface area contributed by atoms with E-state index < -0.39 is 0 Å². The Kier molecular flexibility index (Phi) is 4.24. The number of fused-ring (bicyclic) bond motifs is 3. The van der Waals surface area contributed by atoms with Gasteiger partial charge in [0, 0.05) is 24.0 Å². The summed E-state index contributed by atoms with van der Waals surface area (Å²) in [7, 11) is 0. The van der Waals surface area contributed by atoms with Gasteiger partial charge in [-0.3, -0.25) is 0 Å². The van der Waals surface area contributed by atoms with Gasteiger partial charge < -0.3 is 10.2 Å². The first-order valence-corrected chi connectivity index (χ1v) is 9.80. The highest BCUT2D eigenvalue weighted by Crippen LogP contribution is 2.39. The second-order valence-corrected chi connectivity index (χ2v) is 8.19. The van der Waals surface area contributed by atoms with E-state index in [1.54, 1.807) is 11.2 Å². The highest BCUT2D eigenvalue weighted by Gasteiger charge is 2.24. The zero-order valence-electron chi connectivity index (χ0n) is 14.1. The minimum Gasteiger partial charge on any atom is -0.367 e. The van der Waals surface area contributed by atoms with E-state index in [4.69, 9.17) is 0 Å². The lowest BCUT2D eigenvalue weighted by atomic mass is 9.89. The van der Waals surface area contributed by atoms with E-state index in [0.717, 1.165) is 11.7 Å². The SMILES string of the molecule is CCN1CCC(Nc2ncnc3sc4c(c23)CC[C@H](C)C4)CC1. The minimum absolute atomic E-state index is 0.550. The Morgan fingerprint density at radius 3 is 2.87 bits per heavy atom. The maximum absolute atomic E-state index is 4.61. The molecule has 0 radical (unpaired) electrons. The Labute approximate surface area is 142 Å². The molecule has 1 N–H and O–H groups in total. The molecule has 0 saturated carbocycles. The second-order valence-electron chi connectivity index (χ2n) is 7.11. The predicted octanol–water partition coefficient (Wildman–Crippen LogP) is 3.71. The standard InChI is InChI=1S/C18H26N4S/c1-3-22-8-6-13(7-9-22)21-17-16-14-5-4-12(2)10-15(14)23-18(16)20-11-19-17/h11-13H,3-10H2,1-2H3,(H,19,20,21)/t12-/m0/s1. The molecule has 2 aliphatic rings. The van der Waals surface area contributed by atoms with Gasteiger partial charge in [0.2, 0.25) is 0 Å². The molecule has 2 aromatic heterocycles. The van der Waals surface area contributed by atoms with E-state index in [0.29, 0.717) is 6.04 Å². The second kappa shape index (κ2) is 6.36. The van der Waals surface area contributed by atoms with Crippen molar-refractivity contribution >= 4 is 27.4 Å². The molecular weight excluding hydrogens is 304 g/mol. The van der Waals surface area contributed by atoms with E-state index in [1.165, 1.54) is 67.5 Å². The molecule has 0 unspecified atom stereocenters. The summed E-state index contributed by atoms with van der Waals surface area (Å²) in [6, 6.07) is 0.550. The van der Waals surface area contributed by atoms with Crippen LogP contribution in [0.2, 0.25) is 0 Å². The largest absolute Gasteiger partial charge is 0.367 e. The third-order valence-electron chi connectivity index (χ3n) is 5.47. The molecule has 23 heavy (non-hydrogen) atoms. The number of piperidine rings is 1. The van der Waals surface area contributed by atoms with Crippen LogP contribution in [-0.4, -0.2) is 40.5 Å². The van der Waals surface area contributed by atoms with Crippen LogP contribution in [0.1, 0.15) is 43.6 Å². The van der Waals surface area contributed by atoms with Gasteiger partial charge in [-0.1, -0.05) is 13.8 Å². The van der Waals surface area contributed by atoms with Gasteiger partial charge in [0.05, 0.1) is 5.39 Å². The molecule has 4 nitrogen and oxygen atoms in total. The highest BCUT2D eigenvalue weighted by atomic mass is 32.1. The number of aryl methyl sites for hydroxylation is 1. The quantitative estimate of drug-likeness (QED) is 0.931. The molecule has 1 saturated heterocycles. The fourth-order valence-corrected chi connectivity index (χ4v) is 5.32. The van der Waals surface area contributed by atoms with Crippen LogP contribution >= 0.6 is 11.3 Å². The molecule has 5 heteroatoms. The van der Waals surface area contributed by atoms with Crippen molar-refractivity contribution in [1.82, 2.24) is 14.9 Å². The maximum Gasteiger partial charge on any atom is 0.138 e. The summed E-state index contributed by atoms with van der Waals surface area (Å²) in [6.07, 6.45) is 7.85. The Hall–Kier alpha value is -1.20. The van der Waals surface area contributed by atoms with Gasteiger partial charge in [0.25, 0.3) is 0 Å². The predicted molar refractivity (Wildman–Crippen MR) is 97.4 cm³/mol. The van der Waals surface area contributed by atoms with Gasteiger partial charge >= 0.3 is 0 Å². The average molecular weight is 331 g/mol. The molecule has 4 rings (SSSR count). The molecule has 0 amide bonds. The van der Waals surface area contributed by atoms with Crippen LogP contribution in [0.4, 0.5) is 5.82 Å². The molecule has 0 bridgehead atoms. The van der Waals surface area contributed by atoms with Gasteiger partial charge in [-0.2, -0.15) is 0 Å². The Morgan fingerprint density at radius 1 is 1.26 bits per heavy atom. The molecular formula is C18H26N4S. The molecule has 2 aromatic rings. The van der Waals surface area contributed by atoms with Crippen LogP contribution in [0.5, 0.6) is 0 Å². The lowest BCUT2D eigenvalue weighted by Gasteiger charge is -2.31. The number of aromatic nitrogens is 2. The van der Waals surface area contributed by atoms with Crippen LogP contribution in [0.15, 0.2) is 6.33 Å². The monoisotopic (exact) mass is 330 g/mol. The zero-order valence-corrected chi connectivity index (χ0v) is 15.0. The van der Waals surface area contributed by atoms with Crippen molar-refractivity contribution in [2.75, 3.05) is 25.0 Å². The lowest BCUT2D eigenvalue weighted by Crippen LogP contribution is -2.39. The van der Waals surface area contributed by atoms with Crippen molar-refractivity contribution in [2.24, 2.45) is 5.92 Å². The fourth-order valence-electron chi connectivity index (χ4n) is 3.97. The summed E-state index contributed by atoms with van der Waals surface area (Å²) in [5.41, 5.74) is 1.53. The molecule has 1 atom stereocenters. The summed E-state index contributed by atoms with van der Waals surface area (Å²) in [5, 5.41) is 5.06. The van der Waals surface area contributed by atoms with E-state index in [1.807, 2.05) is 11.3 Å². The number of hydrogen-bond donors (Lipinski definition) is 1. The van der Waals surface area contributed by atoms with Gasteiger partial charge in [0.1, 0.15) is 17.0 Å². The van der Waals surface area contributed by atoms with E-state index in [2.05, 4.69) is 34.0 Å². The summed E-state index contributed by atoms with van der Waals surface area (Å²) < 4.78 is 0. The van der Waals surface area contributed by atoms with Crippen LogP contribution < -0.4 is 5.32 Å². The van der Waals surface area contributed by atoms with E-state index in [9.17, 15) is 0 Å². The van der Waals surface area contributed by atoms with E-state index in [-0.39, 0.29) is 0 Å². The van der Waals surface area contributed by atoms with Crippen LogP contribution in [0, 0.1) is 5.92 Å². The van der Waals surface area contributed by atoms with Crippen molar-refractivity contribution in [2.45, 2.75) is 52.0 Å². The number of thiophene rings is 1. The third kappa shape index (κ3) is 2.96. The number of hydrogen-bond acceptors (Lipinski definition) is 5. The normalized spacial score (nSPS) is 23.1. The Balaban J connectivity index is 1.60. The number of rotatable bonds is 3. The Bertz CT molecular complexity index is 688. The molecule has 124 valence electrons. The molecule has 1 fully saturated rings. The number of anilines is 1. The van der Waals surface area contributed by atoms with Crippen LogP contribution in [0.25, 0.3) is 10.2 Å². The van der Waals surface area contributed by atoms with Gasteiger partial charge in [0.15, 0.2) is 0 Å². The number of nitrogens with zero attached hydrogens (tertiary/aromatic N) is 3. The molecule has 1 aliphatic heterocycles. The topological polar surface area (TPSA) is 41.0 Å². The third-order valence-corrected chi connectivity index (χ3v) is 6.63. The summed E-state index contributed by atoms with van der Waals surface area (Å²) in [5.74, 6) is 1.88. The van der Waals surface area contributed by atoms with Gasteiger partial charge in [-0.05, 0) is 50.1 Å². The number of likely N-dealkylation sites (tertiary alicyclic amines) is 1. The van der Waals surface area contributed by atoms with Crippen molar-refractivity contribution < 1.29 is 0 Å². The molecule has 0 spiro atoms. The van der Waals surface area contributed by atoms with Crippen molar-refractivity contribution in [3.05, 3.63) is 16.8 Å². The van der Waals surface area contributed by atoms with Crippen LogP contribution in [-0.2, 0) is 12.8 Å². The zero-order chi connectivity index (χ0) is 15.8. The smallest absolute Gasteiger partial charge is 0.138 e. The first-order chi connectivity index (χ1) is 11.2.